The zero-order valence-electron chi connectivity index (χ0n) is 15.0. The van der Waals surface area contributed by atoms with E-state index in [1.807, 2.05) is 28.8 Å². The molecule has 3 aromatic rings. The molecule has 2 heterocycles. The highest BCUT2D eigenvalue weighted by molar-refractivity contribution is 6.30. The van der Waals surface area contributed by atoms with Gasteiger partial charge in [0.25, 0.3) is 0 Å². The smallest absolute Gasteiger partial charge is 0.173 e. The number of nitrogens with one attached hydrogen (secondary N) is 2. The second-order valence-corrected chi connectivity index (χ2v) is 7.73. The van der Waals surface area contributed by atoms with Crippen LogP contribution in [0.2, 0.25) is 5.02 Å². The summed E-state index contributed by atoms with van der Waals surface area (Å²) in [6.45, 7) is 4.64. The largest absolute Gasteiger partial charge is 0.365 e. The van der Waals surface area contributed by atoms with Gasteiger partial charge >= 0.3 is 0 Å². The van der Waals surface area contributed by atoms with Gasteiger partial charge in [0.1, 0.15) is 17.3 Å². The number of hydrogen-bond acceptors (Lipinski definition) is 3. The molecule has 1 aliphatic rings. The molecule has 2 N–H and O–H groups in total. The number of aromatic amines is 1. The van der Waals surface area contributed by atoms with E-state index in [1.54, 1.807) is 6.20 Å². The lowest BCUT2D eigenvalue weighted by molar-refractivity contribution is 0.252. The molecular formula is C20H22ClN5. The Bertz CT molecular complexity index is 963. The summed E-state index contributed by atoms with van der Waals surface area (Å²) in [5, 5.41) is 17.0. The Labute approximate surface area is 158 Å². The summed E-state index contributed by atoms with van der Waals surface area (Å²) in [5.74, 6) is 2.19. The number of aromatic nitrogens is 3. The second-order valence-electron chi connectivity index (χ2n) is 7.29. The van der Waals surface area contributed by atoms with Crippen LogP contribution >= 0.6 is 11.6 Å². The molecule has 6 heteroatoms. The van der Waals surface area contributed by atoms with Crippen LogP contribution in [-0.2, 0) is 0 Å². The van der Waals surface area contributed by atoms with Crippen LogP contribution in [0.4, 0.5) is 5.82 Å². The first-order chi connectivity index (χ1) is 12.6. The molecule has 0 radical (unpaired) electrons. The first-order valence-corrected chi connectivity index (χ1v) is 9.48. The van der Waals surface area contributed by atoms with Gasteiger partial charge in [-0.3, -0.25) is 5.10 Å². The summed E-state index contributed by atoms with van der Waals surface area (Å²) in [5.41, 5.74) is 3.01. The van der Waals surface area contributed by atoms with Gasteiger partial charge in [-0.05, 0) is 30.4 Å². The summed E-state index contributed by atoms with van der Waals surface area (Å²) in [7, 11) is 0. The lowest BCUT2D eigenvalue weighted by Crippen LogP contribution is -2.35. The first kappa shape index (κ1) is 17.0. The van der Waals surface area contributed by atoms with Gasteiger partial charge in [0.2, 0.25) is 0 Å². The summed E-state index contributed by atoms with van der Waals surface area (Å²) >= 11 is 6.04. The number of fused-ring (bicyclic) bond motifs is 1. The fourth-order valence-corrected chi connectivity index (χ4v) is 4.03. The Balaban J connectivity index is 1.80. The van der Waals surface area contributed by atoms with E-state index in [-0.39, 0.29) is 0 Å². The third-order valence-corrected chi connectivity index (χ3v) is 5.98. The summed E-state index contributed by atoms with van der Waals surface area (Å²) in [4.78, 5) is 4.76. The van der Waals surface area contributed by atoms with Gasteiger partial charge in [0.05, 0.1) is 0 Å². The highest BCUT2D eigenvalue weighted by Gasteiger charge is 2.29. The van der Waals surface area contributed by atoms with Crippen molar-refractivity contribution in [3.8, 4) is 17.3 Å². The monoisotopic (exact) mass is 367 g/mol. The number of nitrogens with zero attached hydrogens (tertiary/aromatic N) is 3. The predicted molar refractivity (Wildman–Crippen MR) is 104 cm³/mol. The minimum Gasteiger partial charge on any atom is -0.365 e. The van der Waals surface area contributed by atoms with Gasteiger partial charge in [-0.25, -0.2) is 9.50 Å². The number of anilines is 1. The summed E-state index contributed by atoms with van der Waals surface area (Å²) in [6.07, 6.45) is 5.36. The Hall–Kier alpha value is -2.45. The maximum atomic E-state index is 9.37. The number of H-pyrrole nitrogens is 1. The molecule has 0 unspecified atom stereocenters. The van der Waals surface area contributed by atoms with E-state index < -0.39 is 0 Å². The normalized spacial score (nSPS) is 23.1. The van der Waals surface area contributed by atoms with Gasteiger partial charge in [-0.2, -0.15) is 5.26 Å². The van der Waals surface area contributed by atoms with Crippen molar-refractivity contribution in [2.24, 2.45) is 11.8 Å². The van der Waals surface area contributed by atoms with Crippen molar-refractivity contribution in [2.75, 3.05) is 5.32 Å². The van der Waals surface area contributed by atoms with Crippen LogP contribution in [0.25, 0.3) is 16.9 Å². The molecule has 0 amide bonds. The van der Waals surface area contributed by atoms with E-state index >= 15 is 0 Å². The third-order valence-electron chi connectivity index (χ3n) is 5.72. The van der Waals surface area contributed by atoms with Crippen LogP contribution < -0.4 is 5.32 Å². The van der Waals surface area contributed by atoms with Crippen molar-refractivity contribution in [1.29, 1.82) is 5.26 Å². The Morgan fingerprint density at radius 1 is 1.27 bits per heavy atom. The van der Waals surface area contributed by atoms with Gasteiger partial charge in [0.15, 0.2) is 11.5 Å². The summed E-state index contributed by atoms with van der Waals surface area (Å²) in [6, 6.07) is 10.3. The minimum absolute atomic E-state index is 0.388. The fraction of sp³-hybridized carbons (Fsp3) is 0.400. The van der Waals surface area contributed by atoms with Crippen molar-refractivity contribution >= 4 is 23.1 Å². The number of nitriles is 1. The minimum atomic E-state index is 0.388. The van der Waals surface area contributed by atoms with E-state index in [1.165, 1.54) is 12.8 Å². The second kappa shape index (κ2) is 6.69. The lowest BCUT2D eigenvalue weighted by atomic mass is 9.78. The van der Waals surface area contributed by atoms with Crippen LogP contribution in [-0.4, -0.2) is 20.6 Å². The van der Waals surface area contributed by atoms with Crippen LogP contribution in [0.1, 0.15) is 38.7 Å². The number of benzene rings is 1. The maximum absolute atomic E-state index is 9.37. The van der Waals surface area contributed by atoms with Crippen molar-refractivity contribution < 1.29 is 0 Å². The Kier molecular flexibility index (Phi) is 4.37. The number of hydrogen-bond donors (Lipinski definition) is 2. The standard InChI is InChI=1S/C20H22ClN5/c1-12-4-3-5-17(13(12)2)24-20-18(14-6-8-16(21)9-7-14)25-19-15(10-22)11-23-26(19)20/h6-9,11-13,17,23-24H,3-5H2,1-2H3/t12-,13+,17-/m1/s1. The molecule has 1 aromatic carbocycles. The molecule has 134 valence electrons. The molecule has 2 aromatic heterocycles. The van der Waals surface area contributed by atoms with Crippen molar-refractivity contribution in [1.82, 2.24) is 14.6 Å². The highest BCUT2D eigenvalue weighted by atomic mass is 35.5. The van der Waals surface area contributed by atoms with E-state index in [4.69, 9.17) is 16.6 Å². The maximum Gasteiger partial charge on any atom is 0.173 e. The molecule has 26 heavy (non-hydrogen) atoms. The SMILES string of the molecule is C[C@H]1[C@H](C)CCC[C@H]1Nc1c(-c2ccc(Cl)cc2)nc2c(C#N)c[nH]n12. The lowest BCUT2D eigenvalue weighted by Gasteiger charge is -2.35. The average molecular weight is 368 g/mol. The number of rotatable bonds is 3. The molecule has 5 nitrogen and oxygen atoms in total. The van der Waals surface area contributed by atoms with Gasteiger partial charge in [-0.15, -0.1) is 0 Å². The summed E-state index contributed by atoms with van der Waals surface area (Å²) < 4.78 is 1.88. The van der Waals surface area contributed by atoms with E-state index in [9.17, 15) is 5.26 Å². The molecule has 3 atom stereocenters. The number of halogens is 1. The molecule has 4 rings (SSSR count). The van der Waals surface area contributed by atoms with E-state index in [2.05, 4.69) is 30.3 Å². The van der Waals surface area contributed by atoms with Crippen LogP contribution in [0.5, 0.6) is 0 Å². The predicted octanol–water partition coefficient (Wildman–Crippen LogP) is 5.09. The van der Waals surface area contributed by atoms with Crippen molar-refractivity contribution in [2.45, 2.75) is 39.2 Å². The molecule has 0 spiro atoms. The topological polar surface area (TPSA) is 68.9 Å². The Morgan fingerprint density at radius 2 is 2.04 bits per heavy atom. The van der Waals surface area contributed by atoms with E-state index in [0.717, 1.165) is 23.5 Å². The third kappa shape index (κ3) is 2.85. The first-order valence-electron chi connectivity index (χ1n) is 9.11. The molecule has 0 saturated heterocycles. The molecular weight excluding hydrogens is 346 g/mol. The zero-order valence-corrected chi connectivity index (χ0v) is 15.7. The molecule has 0 bridgehead atoms. The van der Waals surface area contributed by atoms with E-state index in [0.29, 0.717) is 34.1 Å². The van der Waals surface area contributed by atoms with Crippen molar-refractivity contribution in [3.63, 3.8) is 0 Å². The van der Waals surface area contributed by atoms with Gasteiger partial charge in [-0.1, -0.05) is 50.4 Å². The molecule has 0 aliphatic heterocycles. The molecule has 1 saturated carbocycles. The average Bonchev–Trinajstić information content (AvgIpc) is 3.19. The fourth-order valence-electron chi connectivity index (χ4n) is 3.91. The van der Waals surface area contributed by atoms with Crippen LogP contribution in [0.15, 0.2) is 30.5 Å². The quantitative estimate of drug-likeness (QED) is 0.677. The zero-order chi connectivity index (χ0) is 18.3. The Morgan fingerprint density at radius 3 is 2.77 bits per heavy atom. The number of imidazole rings is 1. The van der Waals surface area contributed by atoms with Gasteiger partial charge < -0.3 is 5.32 Å². The highest BCUT2D eigenvalue weighted by Crippen LogP contribution is 2.35. The van der Waals surface area contributed by atoms with Gasteiger partial charge in [0, 0.05) is 22.8 Å². The van der Waals surface area contributed by atoms with Crippen molar-refractivity contribution in [3.05, 3.63) is 41.0 Å². The molecule has 1 fully saturated rings. The molecule has 1 aliphatic carbocycles. The van der Waals surface area contributed by atoms with Crippen LogP contribution in [0, 0.1) is 23.2 Å². The van der Waals surface area contributed by atoms with Crippen LogP contribution in [0.3, 0.4) is 0 Å².